The largest absolute Gasteiger partial charge is 0.462 e. The standard InChI is InChI=1S/C20H18ClNO3S/c1-12(2)11-25-20(24)13-7-9-14(10-8-13)22-19(23)18-17(21)15-5-3-4-6-16(15)26-18/h3-10,12H,11H2,1-2H3,(H,22,23). The molecule has 1 heterocycles. The average molecular weight is 388 g/mol. The smallest absolute Gasteiger partial charge is 0.338 e. The quantitative estimate of drug-likeness (QED) is 0.578. The van der Waals surface area contributed by atoms with Gasteiger partial charge in [-0.1, -0.05) is 43.6 Å². The van der Waals surface area contributed by atoms with E-state index in [1.54, 1.807) is 24.3 Å². The Hall–Kier alpha value is -2.37. The molecular formula is C20H18ClNO3S. The number of fused-ring (bicyclic) bond motifs is 1. The number of esters is 1. The summed E-state index contributed by atoms with van der Waals surface area (Å²) in [4.78, 5) is 24.9. The molecule has 3 aromatic rings. The molecule has 26 heavy (non-hydrogen) atoms. The van der Waals surface area contributed by atoms with E-state index in [2.05, 4.69) is 5.32 Å². The van der Waals surface area contributed by atoms with E-state index in [1.807, 2.05) is 38.1 Å². The fraction of sp³-hybridized carbons (Fsp3) is 0.200. The molecule has 4 nitrogen and oxygen atoms in total. The van der Waals surface area contributed by atoms with Crippen LogP contribution in [-0.2, 0) is 4.74 Å². The van der Waals surface area contributed by atoms with Crippen LogP contribution in [0.3, 0.4) is 0 Å². The van der Waals surface area contributed by atoms with E-state index in [9.17, 15) is 9.59 Å². The van der Waals surface area contributed by atoms with E-state index in [4.69, 9.17) is 16.3 Å². The van der Waals surface area contributed by atoms with Crippen molar-refractivity contribution >= 4 is 50.6 Å². The van der Waals surface area contributed by atoms with Crippen LogP contribution in [0.1, 0.15) is 33.9 Å². The molecule has 0 bridgehead atoms. The molecule has 1 N–H and O–H groups in total. The Labute approximate surface area is 160 Å². The molecule has 0 aliphatic heterocycles. The molecule has 0 spiro atoms. The SMILES string of the molecule is CC(C)COC(=O)c1ccc(NC(=O)c2sc3ccccc3c2Cl)cc1. The van der Waals surface area contributed by atoms with Crippen LogP contribution in [-0.4, -0.2) is 18.5 Å². The van der Waals surface area contributed by atoms with E-state index in [1.165, 1.54) is 11.3 Å². The van der Waals surface area contributed by atoms with Gasteiger partial charge in [0.15, 0.2) is 0 Å². The molecule has 0 saturated heterocycles. The van der Waals surface area contributed by atoms with Gasteiger partial charge in [0.2, 0.25) is 0 Å². The summed E-state index contributed by atoms with van der Waals surface area (Å²) in [6.07, 6.45) is 0. The normalized spacial score (nSPS) is 10.9. The fourth-order valence-corrected chi connectivity index (χ4v) is 3.78. The van der Waals surface area contributed by atoms with E-state index in [0.29, 0.717) is 27.8 Å². The highest BCUT2D eigenvalue weighted by molar-refractivity contribution is 7.21. The monoisotopic (exact) mass is 387 g/mol. The molecule has 134 valence electrons. The molecule has 0 saturated carbocycles. The number of benzene rings is 2. The summed E-state index contributed by atoms with van der Waals surface area (Å²) in [5.41, 5.74) is 1.03. The molecule has 0 radical (unpaired) electrons. The highest BCUT2D eigenvalue weighted by atomic mass is 35.5. The Morgan fingerprint density at radius 2 is 1.81 bits per heavy atom. The first-order valence-electron chi connectivity index (χ1n) is 8.21. The van der Waals surface area contributed by atoms with Gasteiger partial charge in [0.25, 0.3) is 5.91 Å². The summed E-state index contributed by atoms with van der Waals surface area (Å²) >= 11 is 7.68. The maximum Gasteiger partial charge on any atom is 0.338 e. The van der Waals surface area contributed by atoms with Crippen molar-refractivity contribution in [3.63, 3.8) is 0 Å². The van der Waals surface area contributed by atoms with Crippen LogP contribution in [0.25, 0.3) is 10.1 Å². The minimum atomic E-state index is -0.371. The number of amides is 1. The van der Waals surface area contributed by atoms with Crippen molar-refractivity contribution in [2.75, 3.05) is 11.9 Å². The van der Waals surface area contributed by atoms with Crippen LogP contribution in [0, 0.1) is 5.92 Å². The Kier molecular flexibility index (Phi) is 5.59. The zero-order valence-corrected chi connectivity index (χ0v) is 16.0. The highest BCUT2D eigenvalue weighted by Crippen LogP contribution is 2.35. The molecular weight excluding hydrogens is 370 g/mol. The van der Waals surface area contributed by atoms with Crippen LogP contribution >= 0.6 is 22.9 Å². The van der Waals surface area contributed by atoms with Gasteiger partial charge in [-0.2, -0.15) is 0 Å². The maximum absolute atomic E-state index is 12.5. The maximum atomic E-state index is 12.5. The fourth-order valence-electron chi connectivity index (χ4n) is 2.36. The lowest BCUT2D eigenvalue weighted by Gasteiger charge is -2.08. The first kappa shape index (κ1) is 18.4. The Morgan fingerprint density at radius 1 is 1.12 bits per heavy atom. The molecule has 3 rings (SSSR count). The van der Waals surface area contributed by atoms with Gasteiger partial charge >= 0.3 is 5.97 Å². The highest BCUT2D eigenvalue weighted by Gasteiger charge is 2.17. The minimum absolute atomic E-state index is 0.272. The van der Waals surface area contributed by atoms with Gasteiger partial charge in [-0.15, -0.1) is 11.3 Å². The average Bonchev–Trinajstić information content (AvgIpc) is 2.97. The van der Waals surface area contributed by atoms with Crippen molar-refractivity contribution in [1.29, 1.82) is 0 Å². The third-order valence-corrected chi connectivity index (χ3v) is 5.34. The summed E-state index contributed by atoms with van der Waals surface area (Å²) in [5.74, 6) is -0.362. The van der Waals surface area contributed by atoms with Crippen molar-refractivity contribution in [1.82, 2.24) is 0 Å². The molecule has 0 aliphatic rings. The second kappa shape index (κ2) is 7.89. The molecule has 1 amide bonds. The predicted molar refractivity (Wildman–Crippen MR) is 106 cm³/mol. The molecule has 6 heteroatoms. The van der Waals surface area contributed by atoms with Crippen molar-refractivity contribution in [3.05, 3.63) is 64.0 Å². The van der Waals surface area contributed by atoms with Crippen LogP contribution in [0.4, 0.5) is 5.69 Å². The molecule has 0 fully saturated rings. The lowest BCUT2D eigenvalue weighted by Crippen LogP contribution is -2.12. The van der Waals surface area contributed by atoms with Crippen LogP contribution in [0.15, 0.2) is 48.5 Å². The number of halogens is 1. The molecule has 0 unspecified atom stereocenters. The molecule has 0 atom stereocenters. The second-order valence-electron chi connectivity index (χ2n) is 6.27. The zero-order valence-electron chi connectivity index (χ0n) is 14.4. The Bertz CT molecular complexity index is 947. The first-order chi connectivity index (χ1) is 12.5. The summed E-state index contributed by atoms with van der Waals surface area (Å²) < 4.78 is 6.15. The van der Waals surface area contributed by atoms with Crippen molar-refractivity contribution < 1.29 is 14.3 Å². The van der Waals surface area contributed by atoms with Gasteiger partial charge in [0.05, 0.1) is 17.2 Å². The van der Waals surface area contributed by atoms with Crippen molar-refractivity contribution in [3.8, 4) is 0 Å². The van der Waals surface area contributed by atoms with E-state index >= 15 is 0 Å². The minimum Gasteiger partial charge on any atom is -0.462 e. The summed E-state index contributed by atoms with van der Waals surface area (Å²) in [7, 11) is 0. The summed E-state index contributed by atoms with van der Waals surface area (Å²) in [5, 5.41) is 4.13. The van der Waals surface area contributed by atoms with Gasteiger partial charge in [-0.25, -0.2) is 4.79 Å². The summed E-state index contributed by atoms with van der Waals surface area (Å²) in [6.45, 7) is 4.33. The number of hydrogen-bond acceptors (Lipinski definition) is 4. The number of anilines is 1. The Balaban J connectivity index is 1.71. The van der Waals surface area contributed by atoms with Crippen LogP contribution in [0.5, 0.6) is 0 Å². The second-order valence-corrected chi connectivity index (χ2v) is 7.70. The van der Waals surface area contributed by atoms with Crippen LogP contribution < -0.4 is 5.32 Å². The van der Waals surface area contributed by atoms with Crippen LogP contribution in [0.2, 0.25) is 5.02 Å². The lowest BCUT2D eigenvalue weighted by atomic mass is 10.2. The van der Waals surface area contributed by atoms with E-state index < -0.39 is 0 Å². The number of rotatable bonds is 5. The number of nitrogens with one attached hydrogen (secondary N) is 1. The van der Waals surface area contributed by atoms with Gasteiger partial charge in [-0.3, -0.25) is 4.79 Å². The number of hydrogen-bond donors (Lipinski definition) is 1. The summed E-state index contributed by atoms with van der Waals surface area (Å²) in [6, 6.07) is 14.2. The Morgan fingerprint density at radius 3 is 2.46 bits per heavy atom. The van der Waals surface area contributed by atoms with Gasteiger partial charge in [-0.05, 0) is 36.2 Å². The number of thiophene rings is 1. The third-order valence-electron chi connectivity index (χ3n) is 3.67. The predicted octanol–water partition coefficient (Wildman–Crippen LogP) is 5.62. The molecule has 1 aromatic heterocycles. The van der Waals surface area contributed by atoms with Gasteiger partial charge in [0.1, 0.15) is 4.88 Å². The van der Waals surface area contributed by atoms with Gasteiger partial charge < -0.3 is 10.1 Å². The lowest BCUT2D eigenvalue weighted by molar-refractivity contribution is 0.0459. The third kappa shape index (κ3) is 4.06. The topological polar surface area (TPSA) is 55.4 Å². The molecule has 0 aliphatic carbocycles. The zero-order chi connectivity index (χ0) is 18.7. The van der Waals surface area contributed by atoms with Crippen molar-refractivity contribution in [2.45, 2.75) is 13.8 Å². The number of carbonyl (C=O) groups excluding carboxylic acids is 2. The van der Waals surface area contributed by atoms with Crippen molar-refractivity contribution in [2.24, 2.45) is 5.92 Å². The number of ether oxygens (including phenoxy) is 1. The van der Waals surface area contributed by atoms with Gasteiger partial charge in [0, 0.05) is 15.8 Å². The van der Waals surface area contributed by atoms with E-state index in [-0.39, 0.29) is 17.8 Å². The molecule has 2 aromatic carbocycles. The first-order valence-corrected chi connectivity index (χ1v) is 9.40. The van der Waals surface area contributed by atoms with E-state index in [0.717, 1.165) is 10.1 Å². The number of carbonyl (C=O) groups is 2.